The van der Waals surface area contributed by atoms with Gasteiger partial charge in [0.1, 0.15) is 0 Å². The molecule has 0 unspecified atom stereocenters. The highest BCUT2D eigenvalue weighted by molar-refractivity contribution is 5.55. The van der Waals surface area contributed by atoms with Crippen molar-refractivity contribution in [2.75, 3.05) is 16.8 Å². The topological polar surface area (TPSA) is 53.9 Å². The molecule has 8 heteroatoms. The van der Waals surface area contributed by atoms with Crippen molar-refractivity contribution in [1.82, 2.24) is 15.2 Å². The molecule has 2 heterocycles. The van der Waals surface area contributed by atoms with Crippen molar-refractivity contribution in [3.05, 3.63) is 71.4 Å². The smallest absolute Gasteiger partial charge is 0.350 e. The van der Waals surface area contributed by atoms with Gasteiger partial charge in [0, 0.05) is 18.8 Å². The first kappa shape index (κ1) is 17.3. The zero-order valence-electron chi connectivity index (χ0n) is 14.2. The predicted octanol–water partition coefficient (Wildman–Crippen LogP) is 4.20. The van der Waals surface area contributed by atoms with Crippen molar-refractivity contribution in [3.8, 4) is 0 Å². The van der Waals surface area contributed by atoms with Crippen molar-refractivity contribution in [2.45, 2.75) is 19.1 Å². The second-order valence-corrected chi connectivity index (χ2v) is 6.28. The molecule has 0 bridgehead atoms. The molecule has 1 aliphatic rings. The summed E-state index contributed by atoms with van der Waals surface area (Å²) in [5, 5.41) is 10.8. The maximum absolute atomic E-state index is 12.7. The molecule has 5 nitrogen and oxygen atoms in total. The number of hydrogen-bond acceptors (Lipinski definition) is 5. The summed E-state index contributed by atoms with van der Waals surface area (Å²) in [6.45, 7) is 1.55. The van der Waals surface area contributed by atoms with Crippen molar-refractivity contribution in [2.24, 2.45) is 0 Å². The quantitative estimate of drug-likeness (QED) is 0.748. The average molecular weight is 371 g/mol. The van der Waals surface area contributed by atoms with E-state index in [1.54, 1.807) is 6.20 Å². The third kappa shape index (κ3) is 3.84. The molecule has 1 N–H and O–H groups in total. The van der Waals surface area contributed by atoms with Crippen LogP contribution in [0.15, 0.2) is 54.7 Å². The Bertz CT molecular complexity index is 941. The fourth-order valence-electron chi connectivity index (χ4n) is 3.06. The molecule has 0 amide bonds. The van der Waals surface area contributed by atoms with Gasteiger partial charge in [-0.05, 0) is 41.8 Å². The molecule has 0 atom stereocenters. The van der Waals surface area contributed by atoms with Crippen LogP contribution >= 0.6 is 0 Å². The Kier molecular flexibility index (Phi) is 4.39. The first-order chi connectivity index (χ1) is 13.0. The molecule has 4 rings (SSSR count). The van der Waals surface area contributed by atoms with Gasteiger partial charge in [0.15, 0.2) is 5.82 Å². The standard InChI is InChI=1S/C19H16F3N5/c20-19(21,22)15-5-7-16(8-6-15)24-18-25-17(11-23-26-18)27-10-9-13-3-1-2-4-14(13)12-27/h1-8,11H,9-10,12H2,(H,24,25,26). The molecule has 0 fully saturated rings. The van der Waals surface area contributed by atoms with Crippen LogP contribution in [0.25, 0.3) is 0 Å². The Hall–Kier alpha value is -3.16. The third-order valence-corrected chi connectivity index (χ3v) is 4.47. The van der Waals surface area contributed by atoms with Crippen LogP contribution in [0.4, 0.5) is 30.6 Å². The van der Waals surface area contributed by atoms with Gasteiger partial charge in [-0.25, -0.2) is 0 Å². The zero-order valence-corrected chi connectivity index (χ0v) is 14.2. The van der Waals surface area contributed by atoms with Gasteiger partial charge in [-0.15, -0.1) is 5.10 Å². The molecule has 0 saturated heterocycles. The Morgan fingerprint density at radius 3 is 2.44 bits per heavy atom. The number of aromatic nitrogens is 3. The maximum Gasteiger partial charge on any atom is 0.416 e. The number of alkyl halides is 3. The lowest BCUT2D eigenvalue weighted by molar-refractivity contribution is -0.137. The molecule has 138 valence electrons. The fraction of sp³-hybridized carbons (Fsp3) is 0.211. The Morgan fingerprint density at radius 2 is 1.70 bits per heavy atom. The van der Waals surface area contributed by atoms with Crippen LogP contribution in [-0.2, 0) is 19.1 Å². The van der Waals surface area contributed by atoms with Crippen LogP contribution in [-0.4, -0.2) is 21.7 Å². The molecular formula is C19H16F3N5. The van der Waals surface area contributed by atoms with Crippen molar-refractivity contribution in [1.29, 1.82) is 0 Å². The molecule has 0 aliphatic carbocycles. The SMILES string of the molecule is FC(F)(F)c1ccc(Nc2nncc(N3CCc4ccccc4C3)n2)cc1. The molecule has 0 spiro atoms. The van der Waals surface area contributed by atoms with Gasteiger partial charge >= 0.3 is 6.18 Å². The minimum Gasteiger partial charge on any atom is -0.350 e. The predicted molar refractivity (Wildman–Crippen MR) is 95.7 cm³/mol. The molecule has 0 radical (unpaired) electrons. The molecule has 2 aromatic carbocycles. The molecule has 3 aromatic rings. The number of nitrogens with zero attached hydrogens (tertiary/aromatic N) is 4. The van der Waals surface area contributed by atoms with E-state index in [1.165, 1.54) is 23.3 Å². The monoisotopic (exact) mass is 371 g/mol. The minimum absolute atomic E-state index is 0.242. The fourth-order valence-corrected chi connectivity index (χ4v) is 3.06. The highest BCUT2D eigenvalue weighted by atomic mass is 19.4. The van der Waals surface area contributed by atoms with Crippen LogP contribution in [0, 0.1) is 0 Å². The van der Waals surface area contributed by atoms with E-state index in [2.05, 4.69) is 37.5 Å². The Labute approximate surface area is 153 Å². The first-order valence-corrected chi connectivity index (χ1v) is 8.45. The van der Waals surface area contributed by atoms with Crippen LogP contribution in [0.5, 0.6) is 0 Å². The van der Waals surface area contributed by atoms with Crippen molar-refractivity contribution in [3.63, 3.8) is 0 Å². The second kappa shape index (κ2) is 6.86. The number of nitrogens with one attached hydrogen (secondary N) is 1. The number of hydrogen-bond donors (Lipinski definition) is 1. The highest BCUT2D eigenvalue weighted by Gasteiger charge is 2.30. The molecular weight excluding hydrogens is 355 g/mol. The van der Waals surface area contributed by atoms with Gasteiger partial charge in [0.2, 0.25) is 5.95 Å². The van der Waals surface area contributed by atoms with E-state index in [1.807, 2.05) is 12.1 Å². The van der Waals surface area contributed by atoms with Crippen molar-refractivity contribution >= 4 is 17.5 Å². The normalized spacial score (nSPS) is 14.0. The lowest BCUT2D eigenvalue weighted by Gasteiger charge is -2.29. The zero-order chi connectivity index (χ0) is 18.9. The van der Waals surface area contributed by atoms with Crippen LogP contribution in [0.3, 0.4) is 0 Å². The van der Waals surface area contributed by atoms with Crippen LogP contribution in [0.1, 0.15) is 16.7 Å². The van der Waals surface area contributed by atoms with E-state index in [4.69, 9.17) is 0 Å². The van der Waals surface area contributed by atoms with Gasteiger partial charge < -0.3 is 10.2 Å². The van der Waals surface area contributed by atoms with E-state index in [-0.39, 0.29) is 5.95 Å². The Balaban J connectivity index is 1.50. The number of benzene rings is 2. The van der Waals surface area contributed by atoms with Crippen molar-refractivity contribution < 1.29 is 13.2 Å². The molecule has 0 saturated carbocycles. The lowest BCUT2D eigenvalue weighted by atomic mass is 10.0. The summed E-state index contributed by atoms with van der Waals surface area (Å²) in [5.41, 5.74) is 2.34. The van der Waals surface area contributed by atoms with Gasteiger partial charge in [-0.1, -0.05) is 24.3 Å². The molecule has 1 aliphatic heterocycles. The minimum atomic E-state index is -4.36. The number of halogens is 3. The van der Waals surface area contributed by atoms with Gasteiger partial charge in [-0.2, -0.15) is 23.3 Å². The average Bonchev–Trinajstić information content (AvgIpc) is 2.67. The van der Waals surface area contributed by atoms with Crippen LogP contribution < -0.4 is 10.2 Å². The molecule has 27 heavy (non-hydrogen) atoms. The number of anilines is 3. The van der Waals surface area contributed by atoms with E-state index in [9.17, 15) is 13.2 Å². The summed E-state index contributed by atoms with van der Waals surface area (Å²) in [6, 6.07) is 13.0. The van der Waals surface area contributed by atoms with Crippen LogP contribution in [0.2, 0.25) is 0 Å². The summed E-state index contributed by atoms with van der Waals surface area (Å²) in [7, 11) is 0. The third-order valence-electron chi connectivity index (χ3n) is 4.47. The summed E-state index contributed by atoms with van der Waals surface area (Å²) >= 11 is 0. The summed E-state index contributed by atoms with van der Waals surface area (Å²) in [6.07, 6.45) is -1.85. The van der Waals surface area contributed by atoms with Gasteiger partial charge in [0.25, 0.3) is 0 Å². The molecule has 1 aromatic heterocycles. The number of fused-ring (bicyclic) bond motifs is 1. The highest BCUT2D eigenvalue weighted by Crippen LogP contribution is 2.30. The largest absolute Gasteiger partial charge is 0.416 e. The first-order valence-electron chi connectivity index (χ1n) is 8.45. The van der Waals surface area contributed by atoms with E-state index >= 15 is 0 Å². The van der Waals surface area contributed by atoms with E-state index in [0.717, 1.165) is 31.6 Å². The number of rotatable bonds is 3. The summed E-state index contributed by atoms with van der Waals surface area (Å²) in [5.74, 6) is 0.917. The summed E-state index contributed by atoms with van der Waals surface area (Å²) < 4.78 is 38.0. The van der Waals surface area contributed by atoms with Gasteiger partial charge in [-0.3, -0.25) is 0 Å². The van der Waals surface area contributed by atoms with Gasteiger partial charge in [0.05, 0.1) is 11.8 Å². The van der Waals surface area contributed by atoms with E-state index < -0.39 is 11.7 Å². The Morgan fingerprint density at radius 1 is 0.963 bits per heavy atom. The summed E-state index contributed by atoms with van der Waals surface area (Å²) in [4.78, 5) is 6.56. The maximum atomic E-state index is 12.7. The lowest BCUT2D eigenvalue weighted by Crippen LogP contribution is -2.31. The van der Waals surface area contributed by atoms with E-state index in [0.29, 0.717) is 11.5 Å². The second-order valence-electron chi connectivity index (χ2n) is 6.28.